The molecule has 2 heterocycles. The first-order valence-electron chi connectivity index (χ1n) is 8.63. The minimum atomic E-state index is 0.137. The van der Waals surface area contributed by atoms with E-state index in [0.717, 1.165) is 58.4 Å². The number of piperazine rings is 2. The van der Waals surface area contributed by atoms with Crippen molar-refractivity contribution in [2.75, 3.05) is 58.9 Å². The number of hydrogen-bond acceptors (Lipinski definition) is 4. The second kappa shape index (κ2) is 6.96. The van der Waals surface area contributed by atoms with Gasteiger partial charge in [-0.2, -0.15) is 0 Å². The molecule has 0 spiro atoms. The third kappa shape index (κ3) is 3.60. The van der Waals surface area contributed by atoms with Crippen LogP contribution in [0.2, 0.25) is 0 Å². The summed E-state index contributed by atoms with van der Waals surface area (Å²) in [4.78, 5) is 32.4. The molecule has 3 aliphatic rings. The van der Waals surface area contributed by atoms with Gasteiger partial charge in [0.2, 0.25) is 11.8 Å². The van der Waals surface area contributed by atoms with Gasteiger partial charge < -0.3 is 9.80 Å². The normalized spacial score (nSPS) is 25.1. The molecule has 6 nitrogen and oxygen atoms in total. The lowest BCUT2D eigenvalue weighted by Gasteiger charge is -2.43. The van der Waals surface area contributed by atoms with Crippen molar-refractivity contribution in [2.24, 2.45) is 0 Å². The van der Waals surface area contributed by atoms with Gasteiger partial charge in [-0.1, -0.05) is 6.42 Å². The Labute approximate surface area is 133 Å². The molecular formula is C16H28N4O2. The number of rotatable bonds is 3. The summed E-state index contributed by atoms with van der Waals surface area (Å²) in [7, 11) is 0. The lowest BCUT2D eigenvalue weighted by atomic mass is 9.91. The third-order valence-corrected chi connectivity index (χ3v) is 5.43. The number of carbonyl (C=O) groups excluding carboxylic acids is 2. The van der Waals surface area contributed by atoms with Gasteiger partial charge in [-0.05, 0) is 12.8 Å². The van der Waals surface area contributed by atoms with Crippen molar-refractivity contribution >= 4 is 11.8 Å². The maximum atomic E-state index is 12.4. The van der Waals surface area contributed by atoms with Gasteiger partial charge in [0.1, 0.15) is 0 Å². The molecule has 2 amide bonds. The summed E-state index contributed by atoms with van der Waals surface area (Å²) in [5, 5.41) is 0. The summed E-state index contributed by atoms with van der Waals surface area (Å²) < 4.78 is 0. The van der Waals surface area contributed by atoms with Crippen LogP contribution in [0.1, 0.15) is 26.2 Å². The van der Waals surface area contributed by atoms with E-state index in [0.29, 0.717) is 6.54 Å². The van der Waals surface area contributed by atoms with Crippen molar-refractivity contribution in [2.45, 2.75) is 32.2 Å². The van der Waals surface area contributed by atoms with Crippen molar-refractivity contribution < 1.29 is 9.59 Å². The molecule has 0 radical (unpaired) electrons. The molecule has 6 heteroatoms. The largest absolute Gasteiger partial charge is 0.340 e. The molecule has 2 aliphatic heterocycles. The van der Waals surface area contributed by atoms with E-state index in [-0.39, 0.29) is 11.8 Å². The summed E-state index contributed by atoms with van der Waals surface area (Å²) in [6, 6.07) is 0.789. The summed E-state index contributed by atoms with van der Waals surface area (Å²) >= 11 is 0. The number of hydrogen-bond donors (Lipinski definition) is 0. The highest BCUT2D eigenvalue weighted by Gasteiger charge is 2.30. The third-order valence-electron chi connectivity index (χ3n) is 5.43. The highest BCUT2D eigenvalue weighted by atomic mass is 16.2. The summed E-state index contributed by atoms with van der Waals surface area (Å²) in [6.07, 6.45) is 4.05. The van der Waals surface area contributed by atoms with E-state index < -0.39 is 0 Å². The van der Waals surface area contributed by atoms with Crippen LogP contribution in [0.15, 0.2) is 0 Å². The van der Waals surface area contributed by atoms with Crippen molar-refractivity contribution in [1.82, 2.24) is 19.6 Å². The Morgan fingerprint density at radius 2 is 1.45 bits per heavy atom. The zero-order valence-corrected chi connectivity index (χ0v) is 13.7. The number of amides is 2. The van der Waals surface area contributed by atoms with E-state index >= 15 is 0 Å². The number of carbonyl (C=O) groups is 2. The highest BCUT2D eigenvalue weighted by Crippen LogP contribution is 2.25. The zero-order chi connectivity index (χ0) is 15.5. The smallest absolute Gasteiger partial charge is 0.236 e. The van der Waals surface area contributed by atoms with Crippen molar-refractivity contribution in [3.05, 3.63) is 0 Å². The molecular weight excluding hydrogens is 280 g/mol. The maximum Gasteiger partial charge on any atom is 0.236 e. The predicted octanol–water partition coefficient (Wildman–Crippen LogP) is -0.153. The van der Waals surface area contributed by atoms with Crippen molar-refractivity contribution in [3.8, 4) is 0 Å². The van der Waals surface area contributed by atoms with E-state index in [4.69, 9.17) is 0 Å². The fraction of sp³-hybridized carbons (Fsp3) is 0.875. The summed E-state index contributed by atoms with van der Waals surface area (Å²) in [5.41, 5.74) is 0. The molecule has 124 valence electrons. The first-order chi connectivity index (χ1) is 10.6. The molecule has 2 saturated heterocycles. The van der Waals surface area contributed by atoms with Gasteiger partial charge in [0.15, 0.2) is 0 Å². The van der Waals surface area contributed by atoms with Crippen LogP contribution in [0.3, 0.4) is 0 Å². The van der Waals surface area contributed by atoms with Crippen LogP contribution in [0.25, 0.3) is 0 Å². The molecule has 0 aromatic rings. The van der Waals surface area contributed by atoms with Crippen molar-refractivity contribution in [1.29, 1.82) is 0 Å². The Morgan fingerprint density at radius 1 is 0.864 bits per heavy atom. The molecule has 0 bridgehead atoms. The van der Waals surface area contributed by atoms with Gasteiger partial charge in [-0.15, -0.1) is 0 Å². The molecule has 1 aliphatic carbocycles. The minimum Gasteiger partial charge on any atom is -0.340 e. The van der Waals surface area contributed by atoms with Crippen LogP contribution >= 0.6 is 0 Å². The molecule has 0 aromatic heterocycles. The Balaban J connectivity index is 1.38. The quantitative estimate of drug-likeness (QED) is 0.727. The molecule has 0 N–H and O–H groups in total. The lowest BCUT2D eigenvalue weighted by Crippen LogP contribution is -2.56. The van der Waals surface area contributed by atoms with Gasteiger partial charge in [0, 0.05) is 65.3 Å². The fourth-order valence-electron chi connectivity index (χ4n) is 3.60. The Morgan fingerprint density at radius 3 is 1.95 bits per heavy atom. The standard InChI is InChI=1S/C16H28N4O2/c1-14(21)18-7-5-17(6-8-18)13-16(22)20-11-9-19(10-12-20)15-3-2-4-15/h15H,2-13H2,1H3. The average molecular weight is 308 g/mol. The number of nitrogens with zero attached hydrogens (tertiary/aromatic N) is 4. The van der Waals surface area contributed by atoms with E-state index in [1.807, 2.05) is 9.80 Å². The SMILES string of the molecule is CC(=O)N1CCN(CC(=O)N2CCN(C3CCC3)CC2)CC1. The van der Waals surface area contributed by atoms with Crippen LogP contribution < -0.4 is 0 Å². The van der Waals surface area contributed by atoms with Gasteiger partial charge in [-0.25, -0.2) is 0 Å². The fourth-order valence-corrected chi connectivity index (χ4v) is 3.60. The molecule has 3 rings (SSSR count). The van der Waals surface area contributed by atoms with E-state index in [9.17, 15) is 9.59 Å². The van der Waals surface area contributed by atoms with Crippen LogP contribution in [-0.2, 0) is 9.59 Å². The van der Waals surface area contributed by atoms with Gasteiger partial charge >= 0.3 is 0 Å². The second-order valence-electron chi connectivity index (χ2n) is 6.78. The Kier molecular flexibility index (Phi) is 4.98. The van der Waals surface area contributed by atoms with Crippen LogP contribution in [0.4, 0.5) is 0 Å². The summed E-state index contributed by atoms with van der Waals surface area (Å²) in [6.45, 7) is 9.07. The summed E-state index contributed by atoms with van der Waals surface area (Å²) in [5.74, 6) is 0.391. The maximum absolute atomic E-state index is 12.4. The molecule has 1 saturated carbocycles. The molecule has 22 heavy (non-hydrogen) atoms. The lowest BCUT2D eigenvalue weighted by molar-refractivity contribution is -0.136. The van der Waals surface area contributed by atoms with E-state index in [1.54, 1.807) is 6.92 Å². The van der Waals surface area contributed by atoms with Gasteiger partial charge in [-0.3, -0.25) is 19.4 Å². The molecule has 0 aromatic carbocycles. The topological polar surface area (TPSA) is 47.1 Å². The van der Waals surface area contributed by atoms with Crippen LogP contribution in [0, 0.1) is 0 Å². The second-order valence-corrected chi connectivity index (χ2v) is 6.78. The van der Waals surface area contributed by atoms with E-state index in [2.05, 4.69) is 9.80 Å². The molecule has 0 atom stereocenters. The first kappa shape index (κ1) is 15.7. The van der Waals surface area contributed by atoms with Crippen molar-refractivity contribution in [3.63, 3.8) is 0 Å². The average Bonchev–Trinajstić information content (AvgIpc) is 2.46. The Bertz CT molecular complexity index is 408. The highest BCUT2D eigenvalue weighted by molar-refractivity contribution is 5.78. The predicted molar refractivity (Wildman–Crippen MR) is 84.5 cm³/mol. The minimum absolute atomic E-state index is 0.137. The van der Waals surface area contributed by atoms with Crippen LogP contribution in [-0.4, -0.2) is 96.4 Å². The van der Waals surface area contributed by atoms with Gasteiger partial charge in [0.05, 0.1) is 6.54 Å². The van der Waals surface area contributed by atoms with E-state index in [1.165, 1.54) is 19.3 Å². The monoisotopic (exact) mass is 308 g/mol. The Hall–Kier alpha value is -1.14. The van der Waals surface area contributed by atoms with Crippen LogP contribution in [0.5, 0.6) is 0 Å². The first-order valence-corrected chi connectivity index (χ1v) is 8.63. The van der Waals surface area contributed by atoms with Gasteiger partial charge in [0.25, 0.3) is 0 Å². The molecule has 3 fully saturated rings. The molecule has 0 unspecified atom stereocenters. The zero-order valence-electron chi connectivity index (χ0n) is 13.7.